The van der Waals surface area contributed by atoms with Crippen molar-refractivity contribution in [1.82, 2.24) is 9.55 Å². The topological polar surface area (TPSA) is 29.9 Å². The molecular weight excluding hydrogens is 349 g/mol. The van der Waals surface area contributed by atoms with Gasteiger partial charge in [-0.3, -0.25) is 0 Å². The number of nitrogens with zero attached hydrogens (tertiary/aromatic N) is 2. The SMILES string of the molecule is CCc1ccc([C@H]2C[C@@H](c3ccc(F)cc3)Nc3nc4ccccc4n32)cc1. The Kier molecular flexibility index (Phi) is 4.12. The van der Waals surface area contributed by atoms with Gasteiger partial charge in [-0.15, -0.1) is 0 Å². The van der Waals surface area contributed by atoms with E-state index in [1.54, 1.807) is 0 Å². The fourth-order valence-electron chi connectivity index (χ4n) is 4.18. The van der Waals surface area contributed by atoms with E-state index in [2.05, 4.69) is 53.2 Å². The number of halogens is 1. The van der Waals surface area contributed by atoms with Crippen LogP contribution in [0.1, 0.15) is 42.1 Å². The molecule has 1 aliphatic heterocycles. The minimum absolute atomic E-state index is 0.0840. The fraction of sp³-hybridized carbons (Fsp3) is 0.208. The van der Waals surface area contributed by atoms with Gasteiger partial charge in [0.2, 0.25) is 5.95 Å². The minimum Gasteiger partial charge on any atom is -0.349 e. The van der Waals surface area contributed by atoms with Crippen molar-refractivity contribution in [3.05, 3.63) is 95.3 Å². The third-order valence-electron chi connectivity index (χ3n) is 5.71. The van der Waals surface area contributed by atoms with E-state index < -0.39 is 0 Å². The summed E-state index contributed by atoms with van der Waals surface area (Å²) in [6, 6.07) is 24.2. The quantitative estimate of drug-likeness (QED) is 0.487. The number of nitrogens with one attached hydrogen (secondary N) is 1. The summed E-state index contributed by atoms with van der Waals surface area (Å²) in [6.07, 6.45) is 1.91. The highest BCUT2D eigenvalue weighted by molar-refractivity contribution is 5.79. The Hall–Kier alpha value is -3.14. The number of benzene rings is 3. The maximum atomic E-state index is 13.4. The second-order valence-corrected chi connectivity index (χ2v) is 7.39. The van der Waals surface area contributed by atoms with Gasteiger partial charge in [-0.05, 0) is 53.8 Å². The number of hydrogen-bond acceptors (Lipinski definition) is 2. The van der Waals surface area contributed by atoms with Crippen LogP contribution in [0, 0.1) is 5.82 Å². The lowest BCUT2D eigenvalue weighted by Gasteiger charge is -2.33. The molecule has 140 valence electrons. The molecule has 0 radical (unpaired) electrons. The zero-order valence-electron chi connectivity index (χ0n) is 15.8. The number of rotatable bonds is 3. The van der Waals surface area contributed by atoms with Gasteiger partial charge in [-0.25, -0.2) is 9.37 Å². The molecule has 2 heterocycles. The van der Waals surface area contributed by atoms with Gasteiger partial charge in [-0.2, -0.15) is 0 Å². The first-order chi connectivity index (χ1) is 13.7. The number of aryl methyl sites for hydroxylation is 1. The van der Waals surface area contributed by atoms with Crippen molar-refractivity contribution >= 4 is 17.0 Å². The largest absolute Gasteiger partial charge is 0.349 e. The fourth-order valence-corrected chi connectivity index (χ4v) is 4.18. The predicted molar refractivity (Wildman–Crippen MR) is 111 cm³/mol. The van der Waals surface area contributed by atoms with Crippen LogP contribution in [0.3, 0.4) is 0 Å². The van der Waals surface area contributed by atoms with Crippen LogP contribution in [0.4, 0.5) is 10.3 Å². The van der Waals surface area contributed by atoms with Crippen molar-refractivity contribution in [1.29, 1.82) is 0 Å². The van der Waals surface area contributed by atoms with Crippen LogP contribution in [0.2, 0.25) is 0 Å². The average Bonchev–Trinajstić information content (AvgIpc) is 3.12. The maximum absolute atomic E-state index is 13.4. The molecule has 1 aliphatic rings. The Morgan fingerprint density at radius 1 is 0.964 bits per heavy atom. The molecule has 0 aliphatic carbocycles. The molecule has 4 heteroatoms. The average molecular weight is 371 g/mol. The lowest BCUT2D eigenvalue weighted by molar-refractivity contribution is 0.477. The van der Waals surface area contributed by atoms with E-state index in [9.17, 15) is 4.39 Å². The van der Waals surface area contributed by atoms with Crippen LogP contribution in [-0.2, 0) is 6.42 Å². The van der Waals surface area contributed by atoms with E-state index in [1.807, 2.05) is 24.3 Å². The highest BCUT2D eigenvalue weighted by Crippen LogP contribution is 2.41. The minimum atomic E-state index is -0.210. The van der Waals surface area contributed by atoms with Crippen LogP contribution in [0.25, 0.3) is 11.0 Å². The number of imidazole rings is 1. The summed E-state index contributed by atoms with van der Waals surface area (Å²) in [5, 5.41) is 3.57. The number of aromatic nitrogens is 2. The molecule has 0 fully saturated rings. The molecule has 0 saturated carbocycles. The van der Waals surface area contributed by atoms with E-state index in [1.165, 1.54) is 23.3 Å². The summed E-state index contributed by atoms with van der Waals surface area (Å²) in [7, 11) is 0. The van der Waals surface area contributed by atoms with E-state index >= 15 is 0 Å². The third kappa shape index (κ3) is 2.85. The van der Waals surface area contributed by atoms with E-state index in [0.29, 0.717) is 0 Å². The van der Waals surface area contributed by atoms with Gasteiger partial charge < -0.3 is 9.88 Å². The summed E-state index contributed by atoms with van der Waals surface area (Å²) in [4.78, 5) is 4.83. The number of para-hydroxylation sites is 2. The molecule has 0 saturated heterocycles. The summed E-state index contributed by atoms with van der Waals surface area (Å²) >= 11 is 0. The Morgan fingerprint density at radius 3 is 2.43 bits per heavy atom. The van der Waals surface area contributed by atoms with Crippen molar-refractivity contribution < 1.29 is 4.39 Å². The summed E-state index contributed by atoms with van der Waals surface area (Å²) in [5.41, 5.74) is 5.81. The molecule has 3 nitrogen and oxygen atoms in total. The van der Waals surface area contributed by atoms with Gasteiger partial charge in [0.25, 0.3) is 0 Å². The lowest BCUT2D eigenvalue weighted by Crippen LogP contribution is -2.27. The molecule has 0 spiro atoms. The van der Waals surface area contributed by atoms with Crippen LogP contribution < -0.4 is 5.32 Å². The molecule has 5 rings (SSSR count). The predicted octanol–water partition coefficient (Wildman–Crippen LogP) is 5.88. The van der Waals surface area contributed by atoms with Crippen molar-refractivity contribution in [2.75, 3.05) is 5.32 Å². The first-order valence-electron chi connectivity index (χ1n) is 9.80. The smallest absolute Gasteiger partial charge is 0.204 e. The normalized spacial score (nSPS) is 18.6. The lowest BCUT2D eigenvalue weighted by atomic mass is 9.92. The Bertz CT molecular complexity index is 1110. The second kappa shape index (κ2) is 6.79. The highest BCUT2D eigenvalue weighted by Gasteiger charge is 2.30. The van der Waals surface area contributed by atoms with Crippen LogP contribution >= 0.6 is 0 Å². The zero-order chi connectivity index (χ0) is 19.1. The van der Waals surface area contributed by atoms with Gasteiger partial charge in [0, 0.05) is 0 Å². The summed E-state index contributed by atoms with van der Waals surface area (Å²) < 4.78 is 15.7. The Balaban J connectivity index is 1.63. The molecular formula is C24H22FN3. The zero-order valence-corrected chi connectivity index (χ0v) is 15.8. The molecule has 2 atom stereocenters. The molecule has 0 bridgehead atoms. The Morgan fingerprint density at radius 2 is 1.68 bits per heavy atom. The van der Waals surface area contributed by atoms with Gasteiger partial charge in [0.15, 0.2) is 0 Å². The van der Waals surface area contributed by atoms with Crippen molar-refractivity contribution in [3.8, 4) is 0 Å². The standard InChI is InChI=1S/C24H22FN3/c1-2-16-7-9-18(10-8-16)23-15-21(17-11-13-19(25)14-12-17)27-24-26-20-5-3-4-6-22(20)28(23)24/h3-14,21,23H,2,15H2,1H3,(H,26,27)/t21-,23+/m0/s1. The number of anilines is 1. The van der Waals surface area contributed by atoms with Crippen molar-refractivity contribution in [2.45, 2.75) is 31.8 Å². The van der Waals surface area contributed by atoms with Crippen LogP contribution in [0.5, 0.6) is 0 Å². The molecule has 28 heavy (non-hydrogen) atoms. The van der Waals surface area contributed by atoms with Gasteiger partial charge >= 0.3 is 0 Å². The van der Waals surface area contributed by atoms with Gasteiger partial charge in [0.1, 0.15) is 5.82 Å². The van der Waals surface area contributed by atoms with E-state index in [4.69, 9.17) is 4.98 Å². The molecule has 0 amide bonds. The summed E-state index contributed by atoms with van der Waals surface area (Å²) in [5.74, 6) is 0.657. The molecule has 1 aromatic heterocycles. The summed E-state index contributed by atoms with van der Waals surface area (Å²) in [6.45, 7) is 2.17. The first-order valence-corrected chi connectivity index (χ1v) is 9.80. The van der Waals surface area contributed by atoms with Gasteiger partial charge in [-0.1, -0.05) is 55.5 Å². The highest BCUT2D eigenvalue weighted by atomic mass is 19.1. The number of fused-ring (bicyclic) bond motifs is 3. The van der Waals surface area contributed by atoms with Crippen LogP contribution in [-0.4, -0.2) is 9.55 Å². The van der Waals surface area contributed by atoms with Crippen LogP contribution in [0.15, 0.2) is 72.8 Å². The van der Waals surface area contributed by atoms with Crippen molar-refractivity contribution in [2.24, 2.45) is 0 Å². The second-order valence-electron chi connectivity index (χ2n) is 7.39. The first kappa shape index (κ1) is 17.0. The Labute approximate surface area is 163 Å². The van der Waals surface area contributed by atoms with Crippen molar-refractivity contribution in [3.63, 3.8) is 0 Å². The molecule has 0 unspecified atom stereocenters. The number of hydrogen-bond donors (Lipinski definition) is 1. The third-order valence-corrected chi connectivity index (χ3v) is 5.71. The monoisotopic (exact) mass is 371 g/mol. The molecule has 3 aromatic carbocycles. The van der Waals surface area contributed by atoms with Gasteiger partial charge in [0.05, 0.1) is 23.1 Å². The van der Waals surface area contributed by atoms with E-state index in [-0.39, 0.29) is 17.9 Å². The maximum Gasteiger partial charge on any atom is 0.204 e. The molecule has 1 N–H and O–H groups in total. The molecule has 4 aromatic rings. The van der Waals surface area contributed by atoms with E-state index in [0.717, 1.165) is 35.4 Å².